The number of amides is 1. The van der Waals surface area contributed by atoms with Crippen LogP contribution in [-0.4, -0.2) is 30.6 Å². The van der Waals surface area contributed by atoms with E-state index in [2.05, 4.69) is 15.6 Å². The average Bonchev–Trinajstić information content (AvgIpc) is 2.64. The maximum atomic E-state index is 11.7. The number of benzene rings is 1. The molecular weight excluding hydrogens is 330 g/mol. The van der Waals surface area contributed by atoms with Gasteiger partial charge >= 0.3 is 0 Å². The van der Waals surface area contributed by atoms with Gasteiger partial charge in [-0.3, -0.25) is 9.78 Å². The minimum Gasteiger partial charge on any atom is -0.497 e. The molecule has 0 fully saturated rings. The Morgan fingerprint density at radius 3 is 2.77 bits per heavy atom. The van der Waals surface area contributed by atoms with Crippen molar-refractivity contribution < 1.29 is 14.3 Å². The van der Waals surface area contributed by atoms with Crippen LogP contribution in [0.15, 0.2) is 42.6 Å². The molecule has 0 aliphatic rings. The number of aromatic nitrogens is 1. The first-order valence-corrected chi connectivity index (χ1v) is 8.78. The van der Waals surface area contributed by atoms with E-state index in [0.29, 0.717) is 26.1 Å². The standard InChI is InChI=1S/C20H27N3O3/c1-15(2)23-20(24)9-11-21-13-16-12-18(25-3)7-8-19(16)26-14-17-6-4-5-10-22-17/h4-8,10,12,15,21H,9,11,13-14H2,1-3H3,(H,23,24). The number of methoxy groups -OCH3 is 1. The molecule has 0 saturated heterocycles. The third-order valence-electron chi connectivity index (χ3n) is 3.66. The van der Waals surface area contributed by atoms with Crippen molar-refractivity contribution >= 4 is 5.91 Å². The van der Waals surface area contributed by atoms with Gasteiger partial charge in [0.2, 0.25) is 5.91 Å². The lowest BCUT2D eigenvalue weighted by molar-refractivity contribution is -0.121. The lowest BCUT2D eigenvalue weighted by atomic mass is 10.2. The summed E-state index contributed by atoms with van der Waals surface area (Å²) in [4.78, 5) is 16.0. The number of pyridine rings is 1. The number of rotatable bonds is 10. The number of nitrogens with one attached hydrogen (secondary N) is 2. The highest BCUT2D eigenvalue weighted by Crippen LogP contribution is 2.25. The van der Waals surface area contributed by atoms with Crippen molar-refractivity contribution in [3.63, 3.8) is 0 Å². The van der Waals surface area contributed by atoms with Crippen LogP contribution in [0.4, 0.5) is 0 Å². The second kappa shape index (κ2) is 10.4. The summed E-state index contributed by atoms with van der Waals surface area (Å²) < 4.78 is 11.2. The number of ether oxygens (including phenoxy) is 2. The summed E-state index contributed by atoms with van der Waals surface area (Å²) in [6.45, 7) is 5.48. The Morgan fingerprint density at radius 1 is 1.23 bits per heavy atom. The maximum Gasteiger partial charge on any atom is 0.221 e. The molecule has 1 aromatic carbocycles. The Labute approximate surface area is 154 Å². The summed E-state index contributed by atoms with van der Waals surface area (Å²) in [5.41, 5.74) is 1.84. The van der Waals surface area contributed by atoms with E-state index in [9.17, 15) is 4.79 Å². The zero-order chi connectivity index (χ0) is 18.8. The van der Waals surface area contributed by atoms with Gasteiger partial charge in [-0.2, -0.15) is 0 Å². The fourth-order valence-electron chi connectivity index (χ4n) is 2.42. The molecule has 1 amide bonds. The molecule has 0 spiro atoms. The minimum atomic E-state index is 0.0461. The lowest BCUT2D eigenvalue weighted by Crippen LogP contribution is -2.32. The van der Waals surface area contributed by atoms with Crippen molar-refractivity contribution in [2.45, 2.75) is 39.5 Å². The molecule has 0 saturated carbocycles. The first-order chi connectivity index (χ1) is 12.6. The fourth-order valence-corrected chi connectivity index (χ4v) is 2.42. The molecule has 1 heterocycles. The van der Waals surface area contributed by atoms with Crippen LogP contribution in [0.5, 0.6) is 11.5 Å². The molecule has 6 nitrogen and oxygen atoms in total. The molecule has 0 atom stereocenters. The van der Waals surface area contributed by atoms with Crippen LogP contribution >= 0.6 is 0 Å². The maximum absolute atomic E-state index is 11.7. The SMILES string of the molecule is COc1ccc(OCc2ccccn2)c(CNCCC(=O)NC(C)C)c1. The van der Waals surface area contributed by atoms with Gasteiger partial charge in [0.1, 0.15) is 18.1 Å². The molecule has 2 N–H and O–H groups in total. The van der Waals surface area contributed by atoms with Gasteiger partial charge in [0.05, 0.1) is 12.8 Å². The van der Waals surface area contributed by atoms with E-state index < -0.39 is 0 Å². The third kappa shape index (κ3) is 6.72. The average molecular weight is 357 g/mol. The van der Waals surface area contributed by atoms with Gasteiger partial charge in [0, 0.05) is 37.3 Å². The van der Waals surface area contributed by atoms with Crippen LogP contribution in [0.3, 0.4) is 0 Å². The first-order valence-electron chi connectivity index (χ1n) is 8.78. The smallest absolute Gasteiger partial charge is 0.221 e. The summed E-state index contributed by atoms with van der Waals surface area (Å²) in [6.07, 6.45) is 2.18. The van der Waals surface area contributed by atoms with E-state index in [1.807, 2.05) is 50.2 Å². The predicted molar refractivity (Wildman–Crippen MR) is 101 cm³/mol. The van der Waals surface area contributed by atoms with Crippen molar-refractivity contribution in [3.8, 4) is 11.5 Å². The van der Waals surface area contributed by atoms with Crippen molar-refractivity contribution in [1.29, 1.82) is 0 Å². The number of nitrogens with zero attached hydrogens (tertiary/aromatic N) is 1. The third-order valence-corrected chi connectivity index (χ3v) is 3.66. The number of carbonyl (C=O) groups excluding carboxylic acids is 1. The Bertz CT molecular complexity index is 690. The second-order valence-electron chi connectivity index (χ2n) is 6.23. The van der Waals surface area contributed by atoms with E-state index in [-0.39, 0.29) is 11.9 Å². The number of hydrogen-bond acceptors (Lipinski definition) is 5. The van der Waals surface area contributed by atoms with Gasteiger partial charge in [0.15, 0.2) is 0 Å². The minimum absolute atomic E-state index is 0.0461. The zero-order valence-corrected chi connectivity index (χ0v) is 15.6. The second-order valence-corrected chi connectivity index (χ2v) is 6.23. The lowest BCUT2D eigenvalue weighted by Gasteiger charge is -2.14. The van der Waals surface area contributed by atoms with Crippen LogP contribution < -0.4 is 20.1 Å². The molecule has 0 unspecified atom stereocenters. The molecule has 0 aliphatic heterocycles. The molecular formula is C20H27N3O3. The van der Waals surface area contributed by atoms with Gasteiger partial charge in [-0.25, -0.2) is 0 Å². The molecule has 0 bridgehead atoms. The van der Waals surface area contributed by atoms with Gasteiger partial charge in [-0.05, 0) is 44.2 Å². The molecule has 0 aliphatic carbocycles. The van der Waals surface area contributed by atoms with E-state index in [1.165, 1.54) is 0 Å². The van der Waals surface area contributed by atoms with Gasteiger partial charge in [0.25, 0.3) is 0 Å². The van der Waals surface area contributed by atoms with Gasteiger partial charge in [-0.1, -0.05) is 6.07 Å². The molecule has 0 radical (unpaired) electrons. The van der Waals surface area contributed by atoms with Gasteiger partial charge in [-0.15, -0.1) is 0 Å². The van der Waals surface area contributed by atoms with Crippen molar-refractivity contribution in [1.82, 2.24) is 15.6 Å². The molecule has 1 aromatic heterocycles. The van der Waals surface area contributed by atoms with Crippen molar-refractivity contribution in [2.75, 3.05) is 13.7 Å². The topological polar surface area (TPSA) is 72.5 Å². The fraction of sp³-hybridized carbons (Fsp3) is 0.400. The summed E-state index contributed by atoms with van der Waals surface area (Å²) in [6, 6.07) is 11.6. The zero-order valence-electron chi connectivity index (χ0n) is 15.6. The largest absolute Gasteiger partial charge is 0.497 e. The molecule has 26 heavy (non-hydrogen) atoms. The summed E-state index contributed by atoms with van der Waals surface area (Å²) in [5.74, 6) is 1.59. The Morgan fingerprint density at radius 2 is 2.08 bits per heavy atom. The summed E-state index contributed by atoms with van der Waals surface area (Å²) in [7, 11) is 1.64. The van der Waals surface area contributed by atoms with Crippen LogP contribution in [-0.2, 0) is 17.9 Å². The van der Waals surface area contributed by atoms with Crippen LogP contribution in [0.2, 0.25) is 0 Å². The van der Waals surface area contributed by atoms with Crippen molar-refractivity contribution in [3.05, 3.63) is 53.9 Å². The Kier molecular flexibility index (Phi) is 7.89. The van der Waals surface area contributed by atoms with Crippen LogP contribution in [0.1, 0.15) is 31.5 Å². The molecule has 140 valence electrons. The number of carbonyl (C=O) groups is 1. The number of hydrogen-bond donors (Lipinski definition) is 2. The molecule has 6 heteroatoms. The first kappa shape index (κ1) is 19.7. The summed E-state index contributed by atoms with van der Waals surface area (Å²) >= 11 is 0. The quantitative estimate of drug-likeness (QED) is 0.640. The molecule has 2 aromatic rings. The highest BCUT2D eigenvalue weighted by molar-refractivity contribution is 5.76. The normalized spacial score (nSPS) is 10.6. The van der Waals surface area contributed by atoms with E-state index in [0.717, 1.165) is 22.8 Å². The Hall–Kier alpha value is -2.60. The van der Waals surface area contributed by atoms with Crippen molar-refractivity contribution in [2.24, 2.45) is 0 Å². The Balaban J connectivity index is 1.91. The van der Waals surface area contributed by atoms with Gasteiger partial charge < -0.3 is 20.1 Å². The van der Waals surface area contributed by atoms with E-state index in [1.54, 1.807) is 13.3 Å². The summed E-state index contributed by atoms with van der Waals surface area (Å²) in [5, 5.41) is 6.16. The van der Waals surface area contributed by atoms with Crippen LogP contribution in [0, 0.1) is 0 Å². The molecule has 2 rings (SSSR count). The van der Waals surface area contributed by atoms with Crippen LogP contribution in [0.25, 0.3) is 0 Å². The van der Waals surface area contributed by atoms with E-state index in [4.69, 9.17) is 9.47 Å². The van der Waals surface area contributed by atoms with E-state index >= 15 is 0 Å². The highest BCUT2D eigenvalue weighted by Gasteiger charge is 2.08. The predicted octanol–water partition coefficient (Wildman–Crippen LogP) is 2.67. The monoisotopic (exact) mass is 357 g/mol. The highest BCUT2D eigenvalue weighted by atomic mass is 16.5.